The molecular weight excluding hydrogens is 363 g/mol. The Kier molecular flexibility index (Phi) is 5.51. The summed E-state index contributed by atoms with van der Waals surface area (Å²) in [7, 11) is 0. The number of aromatic amines is 1. The van der Waals surface area contributed by atoms with Crippen LogP contribution in [0.3, 0.4) is 0 Å². The number of hydrogen-bond donors (Lipinski definition) is 3. The largest absolute Gasteiger partial charge is 0.311 e. The molecule has 0 saturated carbocycles. The Morgan fingerprint density at radius 3 is 2.39 bits per heavy atom. The smallest absolute Gasteiger partial charge is 0.254 e. The van der Waals surface area contributed by atoms with E-state index < -0.39 is 5.91 Å². The SMILES string of the molecule is Cc1nc(C)c(CC(=O)NNc2c(Cl)cc(Cl)cc2Cl)c(=O)[nH]1. The van der Waals surface area contributed by atoms with Gasteiger partial charge in [0, 0.05) is 16.3 Å². The lowest BCUT2D eigenvalue weighted by atomic mass is 10.1. The van der Waals surface area contributed by atoms with E-state index >= 15 is 0 Å². The van der Waals surface area contributed by atoms with Crippen LogP contribution in [-0.2, 0) is 11.2 Å². The number of amides is 1. The first kappa shape index (κ1) is 17.6. The van der Waals surface area contributed by atoms with E-state index in [2.05, 4.69) is 20.8 Å². The minimum absolute atomic E-state index is 0.135. The highest BCUT2D eigenvalue weighted by Crippen LogP contribution is 2.33. The molecule has 0 aliphatic rings. The second-order valence-corrected chi connectivity index (χ2v) is 6.06. The second kappa shape index (κ2) is 7.21. The Bertz CT molecular complexity index is 797. The molecule has 0 aliphatic heterocycles. The molecule has 0 aliphatic carbocycles. The third-order valence-corrected chi connectivity index (χ3v) is 3.83. The lowest BCUT2D eigenvalue weighted by Gasteiger charge is -2.12. The third-order valence-electron chi connectivity index (χ3n) is 3.01. The first-order chi connectivity index (χ1) is 10.8. The molecule has 0 spiro atoms. The number of aromatic nitrogens is 2. The molecule has 1 aromatic heterocycles. The average molecular weight is 376 g/mol. The number of aryl methyl sites for hydroxylation is 2. The van der Waals surface area contributed by atoms with Crippen LogP contribution in [0.2, 0.25) is 15.1 Å². The Morgan fingerprint density at radius 1 is 1.22 bits per heavy atom. The number of rotatable bonds is 4. The van der Waals surface area contributed by atoms with Gasteiger partial charge in [0.25, 0.3) is 5.56 Å². The van der Waals surface area contributed by atoms with Crippen LogP contribution in [0.1, 0.15) is 17.1 Å². The minimum atomic E-state index is -0.439. The predicted molar refractivity (Wildman–Crippen MR) is 91.3 cm³/mol. The van der Waals surface area contributed by atoms with Gasteiger partial charge in [-0.2, -0.15) is 0 Å². The number of hydrogen-bond acceptors (Lipinski definition) is 4. The molecule has 0 radical (unpaired) electrons. The molecule has 23 heavy (non-hydrogen) atoms. The van der Waals surface area contributed by atoms with Crippen molar-refractivity contribution in [3.63, 3.8) is 0 Å². The van der Waals surface area contributed by atoms with Crippen LogP contribution in [0, 0.1) is 13.8 Å². The Labute approximate surface area is 147 Å². The summed E-state index contributed by atoms with van der Waals surface area (Å²) < 4.78 is 0. The highest BCUT2D eigenvalue weighted by atomic mass is 35.5. The third kappa shape index (κ3) is 4.37. The maximum atomic E-state index is 12.0. The summed E-state index contributed by atoms with van der Waals surface area (Å²) in [5.41, 5.74) is 5.84. The summed E-state index contributed by atoms with van der Waals surface area (Å²) >= 11 is 17.8. The van der Waals surface area contributed by atoms with Crippen LogP contribution in [-0.4, -0.2) is 15.9 Å². The molecule has 9 heteroatoms. The van der Waals surface area contributed by atoms with Gasteiger partial charge in [-0.25, -0.2) is 4.98 Å². The molecule has 2 aromatic rings. The van der Waals surface area contributed by atoms with E-state index in [0.717, 1.165) is 0 Å². The Morgan fingerprint density at radius 2 is 1.83 bits per heavy atom. The van der Waals surface area contributed by atoms with Crippen LogP contribution in [0.15, 0.2) is 16.9 Å². The lowest BCUT2D eigenvalue weighted by molar-refractivity contribution is -0.120. The summed E-state index contributed by atoms with van der Waals surface area (Å²) in [5.74, 6) is 0.0563. The molecular formula is C14H13Cl3N4O2. The lowest BCUT2D eigenvalue weighted by Crippen LogP contribution is -2.33. The fourth-order valence-corrected chi connectivity index (χ4v) is 2.87. The number of benzene rings is 1. The van der Waals surface area contributed by atoms with Crippen molar-refractivity contribution in [2.45, 2.75) is 20.3 Å². The highest BCUT2D eigenvalue weighted by Gasteiger charge is 2.13. The highest BCUT2D eigenvalue weighted by molar-refractivity contribution is 6.41. The molecule has 0 fully saturated rings. The van der Waals surface area contributed by atoms with Gasteiger partial charge in [0.1, 0.15) is 5.82 Å². The molecule has 0 atom stereocenters. The van der Waals surface area contributed by atoms with Gasteiger partial charge in [-0.3, -0.25) is 20.4 Å². The van der Waals surface area contributed by atoms with Crippen LogP contribution in [0.4, 0.5) is 5.69 Å². The zero-order chi connectivity index (χ0) is 17.1. The van der Waals surface area contributed by atoms with E-state index in [-0.39, 0.29) is 22.0 Å². The van der Waals surface area contributed by atoms with Gasteiger partial charge in [0.15, 0.2) is 0 Å². The number of nitrogens with zero attached hydrogens (tertiary/aromatic N) is 1. The molecule has 0 unspecified atom stereocenters. The van der Waals surface area contributed by atoms with Gasteiger partial charge in [0.05, 0.1) is 22.2 Å². The van der Waals surface area contributed by atoms with Gasteiger partial charge in [0.2, 0.25) is 5.91 Å². The fraction of sp³-hybridized carbons (Fsp3) is 0.214. The number of H-pyrrole nitrogens is 1. The molecule has 0 bridgehead atoms. The zero-order valence-electron chi connectivity index (χ0n) is 12.3. The number of nitrogens with one attached hydrogen (secondary N) is 3. The number of halogens is 3. The molecule has 0 saturated heterocycles. The maximum absolute atomic E-state index is 12.0. The van der Waals surface area contributed by atoms with Crippen LogP contribution in [0.5, 0.6) is 0 Å². The van der Waals surface area contributed by atoms with Gasteiger partial charge in [-0.05, 0) is 26.0 Å². The van der Waals surface area contributed by atoms with Gasteiger partial charge < -0.3 is 4.98 Å². The quantitative estimate of drug-likeness (QED) is 0.717. The van der Waals surface area contributed by atoms with Crippen molar-refractivity contribution in [3.8, 4) is 0 Å². The topological polar surface area (TPSA) is 86.9 Å². The fourth-order valence-electron chi connectivity index (χ4n) is 1.96. The van der Waals surface area contributed by atoms with Crippen molar-refractivity contribution in [1.29, 1.82) is 0 Å². The van der Waals surface area contributed by atoms with Gasteiger partial charge in [-0.15, -0.1) is 0 Å². The van der Waals surface area contributed by atoms with E-state index in [4.69, 9.17) is 34.8 Å². The summed E-state index contributed by atoms with van der Waals surface area (Å²) in [6, 6.07) is 2.98. The summed E-state index contributed by atoms with van der Waals surface area (Å²) in [5, 5.41) is 0.896. The van der Waals surface area contributed by atoms with Gasteiger partial charge in [-0.1, -0.05) is 34.8 Å². The first-order valence-corrected chi connectivity index (χ1v) is 7.67. The van der Waals surface area contributed by atoms with Crippen molar-refractivity contribution in [1.82, 2.24) is 15.4 Å². The predicted octanol–water partition coefficient (Wildman–Crippen LogP) is 3.03. The Hall–Kier alpha value is -1.76. The molecule has 2 rings (SSSR count). The number of anilines is 1. The molecule has 1 aromatic carbocycles. The minimum Gasteiger partial charge on any atom is -0.311 e. The summed E-state index contributed by atoms with van der Waals surface area (Å²) in [6.45, 7) is 3.34. The first-order valence-electron chi connectivity index (χ1n) is 6.53. The van der Waals surface area contributed by atoms with E-state index in [1.54, 1.807) is 13.8 Å². The zero-order valence-corrected chi connectivity index (χ0v) is 14.5. The van der Waals surface area contributed by atoms with Crippen LogP contribution in [0.25, 0.3) is 0 Å². The molecule has 1 amide bonds. The number of carbonyl (C=O) groups is 1. The van der Waals surface area contributed by atoms with E-state index in [0.29, 0.717) is 27.8 Å². The van der Waals surface area contributed by atoms with Crippen molar-refractivity contribution < 1.29 is 4.79 Å². The van der Waals surface area contributed by atoms with Crippen LogP contribution >= 0.6 is 34.8 Å². The van der Waals surface area contributed by atoms with Crippen molar-refractivity contribution >= 4 is 46.4 Å². The summed E-state index contributed by atoms with van der Waals surface area (Å²) in [6.07, 6.45) is -0.135. The normalized spacial score (nSPS) is 10.5. The summed E-state index contributed by atoms with van der Waals surface area (Å²) in [4.78, 5) is 30.6. The number of hydrazine groups is 1. The van der Waals surface area contributed by atoms with Crippen LogP contribution < -0.4 is 16.4 Å². The molecule has 1 heterocycles. The Balaban J connectivity index is 2.09. The van der Waals surface area contributed by atoms with E-state index in [1.165, 1.54) is 12.1 Å². The second-order valence-electron chi connectivity index (χ2n) is 4.81. The maximum Gasteiger partial charge on any atom is 0.254 e. The molecule has 6 nitrogen and oxygen atoms in total. The molecule has 3 N–H and O–H groups in total. The van der Waals surface area contributed by atoms with E-state index in [9.17, 15) is 9.59 Å². The average Bonchev–Trinajstić information content (AvgIpc) is 2.41. The van der Waals surface area contributed by atoms with Crippen molar-refractivity contribution in [2.24, 2.45) is 0 Å². The monoisotopic (exact) mass is 374 g/mol. The van der Waals surface area contributed by atoms with E-state index in [1.807, 2.05) is 0 Å². The van der Waals surface area contributed by atoms with Gasteiger partial charge >= 0.3 is 0 Å². The standard InChI is InChI=1S/C14H13Cl3N4O2/c1-6-9(14(23)19-7(2)18-6)5-12(22)20-21-13-10(16)3-8(15)4-11(13)17/h3-4,21H,5H2,1-2H3,(H,20,22)(H,18,19,23). The van der Waals surface area contributed by atoms with Crippen molar-refractivity contribution in [2.75, 3.05) is 5.43 Å². The van der Waals surface area contributed by atoms with Crippen molar-refractivity contribution in [3.05, 3.63) is 54.6 Å². The number of carbonyl (C=O) groups excluding carboxylic acids is 1. The molecule has 122 valence electrons.